The van der Waals surface area contributed by atoms with Crippen molar-refractivity contribution in [3.8, 4) is 0 Å². The smallest absolute Gasteiger partial charge is 0.338 e. The predicted octanol–water partition coefficient (Wildman–Crippen LogP) is 5.41. The largest absolute Gasteiger partial charge is 0.463 e. The van der Waals surface area contributed by atoms with Crippen molar-refractivity contribution in [1.82, 2.24) is 4.57 Å². The third-order valence-electron chi connectivity index (χ3n) is 5.43. The van der Waals surface area contributed by atoms with Gasteiger partial charge in [0.15, 0.2) is 4.80 Å². The molecule has 0 unspecified atom stereocenters. The molecule has 0 saturated carbocycles. The maximum atomic E-state index is 13.7. The highest BCUT2D eigenvalue weighted by Crippen LogP contribution is 2.35. The third-order valence-corrected chi connectivity index (χ3v) is 8.23. The van der Waals surface area contributed by atoms with Crippen LogP contribution in [-0.4, -0.2) is 17.1 Å². The fraction of sp³-hybridized carbons (Fsp3) is 0.115. The number of hydrogen-bond donors (Lipinski definition) is 0. The Kier molecular flexibility index (Phi) is 6.88. The van der Waals surface area contributed by atoms with Crippen molar-refractivity contribution >= 4 is 67.9 Å². The van der Waals surface area contributed by atoms with Crippen molar-refractivity contribution in [2.24, 2.45) is 4.99 Å². The summed E-state index contributed by atoms with van der Waals surface area (Å²) in [5.74, 6) is -0.508. The highest BCUT2D eigenvalue weighted by Gasteiger charge is 2.35. The molecule has 1 aliphatic rings. The summed E-state index contributed by atoms with van der Waals surface area (Å²) in [6, 6.07) is 19.8. The van der Waals surface area contributed by atoms with Crippen molar-refractivity contribution in [2.45, 2.75) is 13.0 Å². The van der Waals surface area contributed by atoms with Gasteiger partial charge in [0.05, 0.1) is 32.2 Å². The SMILES string of the molecule is CCOC(=O)C1=C(c2ccccc2)N=c2s/c(=C/c3ccc(Br)s3)c(=O)n2[C@@H]1c1ccc(Cl)cc1. The second-order valence-electron chi connectivity index (χ2n) is 7.62. The first kappa shape index (κ1) is 23.9. The number of halogens is 2. The van der Waals surface area contributed by atoms with E-state index < -0.39 is 12.0 Å². The zero-order chi connectivity index (χ0) is 24.5. The molecule has 0 aliphatic carbocycles. The van der Waals surface area contributed by atoms with Gasteiger partial charge in [-0.25, -0.2) is 9.79 Å². The number of carbonyl (C=O) groups is 1. The lowest BCUT2D eigenvalue weighted by atomic mass is 9.93. The van der Waals surface area contributed by atoms with Gasteiger partial charge in [-0.15, -0.1) is 11.3 Å². The summed E-state index contributed by atoms with van der Waals surface area (Å²) < 4.78 is 8.56. The van der Waals surface area contributed by atoms with Gasteiger partial charge >= 0.3 is 5.97 Å². The van der Waals surface area contributed by atoms with Crippen molar-refractivity contribution in [3.05, 3.63) is 117 Å². The van der Waals surface area contributed by atoms with E-state index in [2.05, 4.69) is 15.9 Å². The van der Waals surface area contributed by atoms with Crippen LogP contribution in [-0.2, 0) is 9.53 Å². The first-order valence-corrected chi connectivity index (χ1v) is 13.6. The molecule has 5 nitrogen and oxygen atoms in total. The van der Waals surface area contributed by atoms with Crippen LogP contribution in [0.15, 0.2) is 85.9 Å². The lowest BCUT2D eigenvalue weighted by Crippen LogP contribution is -2.39. The van der Waals surface area contributed by atoms with Crippen LogP contribution in [0.25, 0.3) is 11.8 Å². The second-order valence-corrected chi connectivity index (χ2v) is 11.6. The molecule has 0 spiro atoms. The van der Waals surface area contributed by atoms with Gasteiger partial charge in [-0.05, 0) is 58.8 Å². The fourth-order valence-electron chi connectivity index (χ4n) is 3.94. The van der Waals surface area contributed by atoms with Crippen LogP contribution < -0.4 is 14.9 Å². The number of esters is 1. The molecule has 0 radical (unpaired) electrons. The van der Waals surface area contributed by atoms with Gasteiger partial charge in [0.1, 0.15) is 0 Å². The van der Waals surface area contributed by atoms with Crippen molar-refractivity contribution in [2.75, 3.05) is 6.61 Å². The molecule has 1 aliphatic heterocycles. The summed E-state index contributed by atoms with van der Waals surface area (Å²) in [4.78, 5) is 33.4. The third kappa shape index (κ3) is 4.71. The molecule has 5 rings (SSSR count). The first-order valence-electron chi connectivity index (χ1n) is 10.8. The molecule has 2 aromatic heterocycles. The van der Waals surface area contributed by atoms with Crippen LogP contribution in [0.5, 0.6) is 0 Å². The Hall–Kier alpha value is -2.78. The average Bonchev–Trinajstić information content (AvgIpc) is 3.41. The molecule has 176 valence electrons. The van der Waals surface area contributed by atoms with Gasteiger partial charge in [0.25, 0.3) is 5.56 Å². The van der Waals surface area contributed by atoms with Crippen LogP contribution in [0.3, 0.4) is 0 Å². The van der Waals surface area contributed by atoms with Gasteiger partial charge in [0.2, 0.25) is 0 Å². The van der Waals surface area contributed by atoms with E-state index in [1.165, 1.54) is 22.7 Å². The molecule has 1 atom stereocenters. The van der Waals surface area contributed by atoms with Gasteiger partial charge < -0.3 is 4.74 Å². The number of rotatable bonds is 5. The summed E-state index contributed by atoms with van der Waals surface area (Å²) >= 11 is 12.5. The molecular weight excluding hydrogens is 568 g/mol. The van der Waals surface area contributed by atoms with E-state index in [4.69, 9.17) is 21.3 Å². The lowest BCUT2D eigenvalue weighted by molar-refractivity contribution is -0.138. The lowest BCUT2D eigenvalue weighted by Gasteiger charge is -2.25. The van der Waals surface area contributed by atoms with E-state index in [9.17, 15) is 9.59 Å². The van der Waals surface area contributed by atoms with Gasteiger partial charge in [-0.2, -0.15) is 0 Å². The minimum Gasteiger partial charge on any atom is -0.463 e. The van der Waals surface area contributed by atoms with Crippen LogP contribution >= 0.6 is 50.2 Å². The summed E-state index contributed by atoms with van der Waals surface area (Å²) in [5, 5.41) is 0.564. The van der Waals surface area contributed by atoms with Crippen molar-refractivity contribution in [3.63, 3.8) is 0 Å². The summed E-state index contributed by atoms with van der Waals surface area (Å²) in [6.45, 7) is 1.96. The molecule has 0 bridgehead atoms. The number of benzene rings is 2. The van der Waals surface area contributed by atoms with E-state index in [1.807, 2.05) is 60.7 Å². The van der Waals surface area contributed by atoms with E-state index >= 15 is 0 Å². The summed E-state index contributed by atoms with van der Waals surface area (Å²) in [5.41, 5.74) is 2.11. The number of thiazole rings is 1. The molecule has 9 heteroatoms. The van der Waals surface area contributed by atoms with Gasteiger partial charge in [-0.1, -0.05) is 65.4 Å². The molecule has 0 amide bonds. The highest BCUT2D eigenvalue weighted by atomic mass is 79.9. The van der Waals surface area contributed by atoms with Crippen LogP contribution in [0.2, 0.25) is 5.02 Å². The standard InChI is InChI=1S/C26H18BrClN2O3S2/c1-2-33-25(32)21-22(15-6-4-3-5-7-15)29-26-30(23(21)16-8-10-17(28)11-9-16)24(31)19(35-26)14-18-12-13-20(27)34-18/h3-14,23H,2H2,1H3/b19-14+/t23-/m1/s1. The molecule has 35 heavy (non-hydrogen) atoms. The summed E-state index contributed by atoms with van der Waals surface area (Å²) in [7, 11) is 0. The van der Waals surface area contributed by atoms with E-state index in [0.29, 0.717) is 25.6 Å². The maximum Gasteiger partial charge on any atom is 0.338 e. The van der Waals surface area contributed by atoms with Crippen molar-refractivity contribution in [1.29, 1.82) is 0 Å². The molecule has 0 fully saturated rings. The highest BCUT2D eigenvalue weighted by molar-refractivity contribution is 9.11. The van der Waals surface area contributed by atoms with Gasteiger partial charge in [0, 0.05) is 15.5 Å². The Morgan fingerprint density at radius 2 is 1.86 bits per heavy atom. The van der Waals surface area contributed by atoms with E-state index in [0.717, 1.165) is 19.8 Å². The molecule has 2 aromatic carbocycles. The maximum absolute atomic E-state index is 13.7. The normalized spacial score (nSPS) is 15.6. The number of hydrogen-bond acceptors (Lipinski definition) is 6. The molecule has 3 heterocycles. The number of carbonyl (C=O) groups excluding carboxylic acids is 1. The molecule has 0 N–H and O–H groups in total. The minimum atomic E-state index is -0.713. The van der Waals surface area contributed by atoms with E-state index in [1.54, 1.807) is 23.6 Å². The van der Waals surface area contributed by atoms with Crippen molar-refractivity contribution < 1.29 is 9.53 Å². The summed E-state index contributed by atoms with van der Waals surface area (Å²) in [6.07, 6.45) is 1.86. The minimum absolute atomic E-state index is 0.204. The zero-order valence-electron chi connectivity index (χ0n) is 18.4. The Bertz CT molecular complexity index is 1620. The number of nitrogens with zero attached hydrogens (tertiary/aromatic N) is 2. The molecule has 4 aromatic rings. The number of aromatic nitrogens is 1. The fourth-order valence-corrected chi connectivity index (χ4v) is 6.50. The zero-order valence-corrected chi connectivity index (χ0v) is 22.4. The Balaban J connectivity index is 1.83. The second kappa shape index (κ2) is 10.1. The number of thiophene rings is 1. The topological polar surface area (TPSA) is 60.7 Å². The van der Waals surface area contributed by atoms with E-state index in [-0.39, 0.29) is 12.2 Å². The Morgan fingerprint density at radius 3 is 2.51 bits per heavy atom. The quantitative estimate of drug-likeness (QED) is 0.294. The average molecular weight is 586 g/mol. The first-order chi connectivity index (χ1) is 17.0. The monoisotopic (exact) mass is 584 g/mol. The number of fused-ring (bicyclic) bond motifs is 1. The van der Waals surface area contributed by atoms with Gasteiger partial charge in [-0.3, -0.25) is 9.36 Å². The Morgan fingerprint density at radius 1 is 1.11 bits per heavy atom. The molecular formula is C26H18BrClN2O3S2. The van der Waals surface area contributed by atoms with Crippen LogP contribution in [0.1, 0.15) is 29.0 Å². The Labute approximate surface area is 222 Å². The molecule has 0 saturated heterocycles. The predicted molar refractivity (Wildman–Crippen MR) is 145 cm³/mol. The van der Waals surface area contributed by atoms with Crippen LogP contribution in [0.4, 0.5) is 0 Å². The van der Waals surface area contributed by atoms with Crippen LogP contribution in [0, 0.1) is 0 Å². The number of ether oxygens (including phenoxy) is 1.